The number of amides is 1. The van der Waals surface area contributed by atoms with E-state index < -0.39 is 0 Å². The quantitative estimate of drug-likeness (QED) is 0.426. The van der Waals surface area contributed by atoms with Gasteiger partial charge in [-0.1, -0.05) is 6.92 Å². The summed E-state index contributed by atoms with van der Waals surface area (Å²) in [5.41, 5.74) is -0.346. The predicted octanol–water partition coefficient (Wildman–Crippen LogP) is -0.0266. The Kier molecular flexibility index (Phi) is 2.66. The van der Waals surface area contributed by atoms with Crippen LogP contribution in [0.5, 0.6) is 0 Å². The van der Waals surface area contributed by atoms with Crippen molar-refractivity contribution in [2.24, 2.45) is 5.41 Å². The van der Waals surface area contributed by atoms with Crippen molar-refractivity contribution in [2.75, 3.05) is 13.1 Å². The van der Waals surface area contributed by atoms with Crippen molar-refractivity contribution >= 4 is 5.91 Å². The molecule has 0 spiro atoms. The summed E-state index contributed by atoms with van der Waals surface area (Å²) in [6.07, 6.45) is 3.28. The molecule has 1 amide bonds. The van der Waals surface area contributed by atoms with E-state index in [4.69, 9.17) is 5.26 Å². The lowest BCUT2D eigenvalue weighted by molar-refractivity contribution is -0.130. The minimum atomic E-state index is -0.346. The molecule has 0 aliphatic carbocycles. The Morgan fingerprint density at radius 1 is 1.58 bits per heavy atom. The fourth-order valence-electron chi connectivity index (χ4n) is 1.41. The lowest BCUT2D eigenvalue weighted by Crippen LogP contribution is -2.44. The minimum Gasteiger partial charge on any atom is -0.317 e. The molecule has 1 heterocycles. The van der Waals surface area contributed by atoms with Crippen LogP contribution in [0.15, 0.2) is 0 Å². The number of rotatable bonds is 1. The van der Waals surface area contributed by atoms with Gasteiger partial charge in [-0.2, -0.15) is 5.26 Å². The fraction of sp³-hybridized carbons (Fsp3) is 0.750. The van der Waals surface area contributed by atoms with Crippen molar-refractivity contribution in [1.82, 2.24) is 10.6 Å². The zero-order chi connectivity index (χ0) is 9.03. The average Bonchev–Trinajstić information content (AvgIpc) is 2.06. The number of hydrogen-bond donors (Lipinski definition) is 2. The van der Waals surface area contributed by atoms with E-state index in [0.717, 1.165) is 25.9 Å². The van der Waals surface area contributed by atoms with E-state index >= 15 is 0 Å². The first-order valence-electron chi connectivity index (χ1n) is 4.09. The highest BCUT2D eigenvalue weighted by molar-refractivity contribution is 5.83. The zero-order valence-electron chi connectivity index (χ0n) is 7.18. The lowest BCUT2D eigenvalue weighted by atomic mass is 9.80. The molecule has 0 aromatic carbocycles. The van der Waals surface area contributed by atoms with Crippen LogP contribution in [0.1, 0.15) is 19.8 Å². The second-order valence-electron chi connectivity index (χ2n) is 3.38. The van der Waals surface area contributed by atoms with E-state index in [1.807, 2.05) is 6.92 Å². The summed E-state index contributed by atoms with van der Waals surface area (Å²) in [6, 6.07) is 0. The van der Waals surface area contributed by atoms with E-state index in [2.05, 4.69) is 10.6 Å². The molecule has 2 N–H and O–H groups in total. The third-order valence-corrected chi connectivity index (χ3v) is 2.42. The Labute approximate surface area is 71.9 Å². The second kappa shape index (κ2) is 3.55. The van der Waals surface area contributed by atoms with Crippen LogP contribution in [0.25, 0.3) is 0 Å². The Bertz CT molecular complexity index is 213. The smallest absolute Gasteiger partial charge is 0.239 e. The van der Waals surface area contributed by atoms with E-state index in [1.54, 1.807) is 6.19 Å². The molecule has 1 saturated heterocycles. The molecule has 0 saturated carbocycles. The Morgan fingerprint density at radius 2 is 2.17 bits per heavy atom. The van der Waals surface area contributed by atoms with Crippen LogP contribution in [0.4, 0.5) is 0 Å². The van der Waals surface area contributed by atoms with Crippen LogP contribution >= 0.6 is 0 Å². The molecule has 4 heteroatoms. The number of carbonyl (C=O) groups is 1. The highest BCUT2D eigenvalue weighted by Gasteiger charge is 2.34. The SMILES string of the molecule is CC1(C(=O)NC#N)CCNCC1. The Morgan fingerprint density at radius 3 is 2.67 bits per heavy atom. The van der Waals surface area contributed by atoms with Crippen LogP contribution in [-0.4, -0.2) is 19.0 Å². The number of piperidine rings is 1. The van der Waals surface area contributed by atoms with Crippen molar-refractivity contribution in [3.8, 4) is 6.19 Å². The maximum atomic E-state index is 11.4. The van der Waals surface area contributed by atoms with Crippen LogP contribution in [-0.2, 0) is 4.79 Å². The molecule has 0 aromatic rings. The topological polar surface area (TPSA) is 64.9 Å². The van der Waals surface area contributed by atoms with Crippen LogP contribution in [0, 0.1) is 16.9 Å². The van der Waals surface area contributed by atoms with E-state index in [0.29, 0.717) is 0 Å². The van der Waals surface area contributed by atoms with Crippen molar-refractivity contribution in [1.29, 1.82) is 5.26 Å². The van der Waals surface area contributed by atoms with Gasteiger partial charge in [0.05, 0.1) is 0 Å². The molecule has 0 aromatic heterocycles. The summed E-state index contributed by atoms with van der Waals surface area (Å²) < 4.78 is 0. The normalized spacial score (nSPS) is 21.0. The second-order valence-corrected chi connectivity index (χ2v) is 3.38. The third-order valence-electron chi connectivity index (χ3n) is 2.42. The molecule has 0 radical (unpaired) electrons. The predicted molar refractivity (Wildman–Crippen MR) is 44.0 cm³/mol. The summed E-state index contributed by atoms with van der Waals surface area (Å²) in [5, 5.41) is 13.7. The highest BCUT2D eigenvalue weighted by atomic mass is 16.2. The molecule has 4 nitrogen and oxygen atoms in total. The van der Waals surface area contributed by atoms with Crippen molar-refractivity contribution in [3.05, 3.63) is 0 Å². The molecular weight excluding hydrogens is 154 g/mol. The van der Waals surface area contributed by atoms with Crippen LogP contribution in [0.3, 0.4) is 0 Å². The summed E-state index contributed by atoms with van der Waals surface area (Å²) in [5.74, 6) is -0.147. The average molecular weight is 167 g/mol. The minimum absolute atomic E-state index is 0.147. The van der Waals surface area contributed by atoms with E-state index in [9.17, 15) is 4.79 Å². The fourth-order valence-corrected chi connectivity index (χ4v) is 1.41. The number of nitrogens with one attached hydrogen (secondary N) is 2. The molecule has 0 atom stereocenters. The van der Waals surface area contributed by atoms with Gasteiger partial charge in [-0.3, -0.25) is 10.1 Å². The highest BCUT2D eigenvalue weighted by Crippen LogP contribution is 2.27. The first kappa shape index (κ1) is 9.01. The van der Waals surface area contributed by atoms with Gasteiger partial charge in [0.1, 0.15) is 0 Å². The summed E-state index contributed by atoms with van der Waals surface area (Å²) in [6.45, 7) is 3.62. The maximum absolute atomic E-state index is 11.4. The first-order chi connectivity index (χ1) is 5.69. The van der Waals surface area contributed by atoms with Gasteiger partial charge in [-0.15, -0.1) is 0 Å². The number of nitrogens with zero attached hydrogens (tertiary/aromatic N) is 1. The monoisotopic (exact) mass is 167 g/mol. The lowest BCUT2D eigenvalue weighted by Gasteiger charge is -2.31. The zero-order valence-corrected chi connectivity index (χ0v) is 7.18. The van der Waals surface area contributed by atoms with Gasteiger partial charge in [0.15, 0.2) is 6.19 Å². The standard InChI is InChI=1S/C8H13N3O/c1-8(7(12)11-6-9)2-4-10-5-3-8/h10H,2-5H2,1H3,(H,11,12). The Balaban J connectivity index is 2.57. The largest absolute Gasteiger partial charge is 0.317 e. The molecule has 0 bridgehead atoms. The van der Waals surface area contributed by atoms with E-state index in [-0.39, 0.29) is 11.3 Å². The van der Waals surface area contributed by atoms with Crippen molar-refractivity contribution in [3.63, 3.8) is 0 Å². The van der Waals surface area contributed by atoms with Crippen LogP contribution in [0.2, 0.25) is 0 Å². The van der Waals surface area contributed by atoms with Gasteiger partial charge in [0.2, 0.25) is 5.91 Å². The number of hydrogen-bond acceptors (Lipinski definition) is 3. The number of carbonyl (C=O) groups excluding carboxylic acids is 1. The molecule has 0 unspecified atom stereocenters. The molecule has 1 aliphatic heterocycles. The van der Waals surface area contributed by atoms with Crippen molar-refractivity contribution in [2.45, 2.75) is 19.8 Å². The maximum Gasteiger partial charge on any atom is 0.239 e. The van der Waals surface area contributed by atoms with Gasteiger partial charge in [0, 0.05) is 5.41 Å². The van der Waals surface area contributed by atoms with E-state index in [1.165, 1.54) is 0 Å². The molecule has 66 valence electrons. The molecule has 12 heavy (non-hydrogen) atoms. The Hall–Kier alpha value is -1.08. The molecular formula is C8H13N3O. The van der Waals surface area contributed by atoms with Crippen LogP contribution < -0.4 is 10.6 Å². The first-order valence-corrected chi connectivity index (χ1v) is 4.09. The molecule has 1 fully saturated rings. The number of nitriles is 1. The van der Waals surface area contributed by atoms with Gasteiger partial charge < -0.3 is 5.32 Å². The summed E-state index contributed by atoms with van der Waals surface area (Å²) >= 11 is 0. The summed E-state index contributed by atoms with van der Waals surface area (Å²) in [4.78, 5) is 11.4. The molecule has 1 rings (SSSR count). The molecule has 1 aliphatic rings. The van der Waals surface area contributed by atoms with Crippen molar-refractivity contribution < 1.29 is 4.79 Å². The van der Waals surface area contributed by atoms with Gasteiger partial charge in [-0.25, -0.2) is 0 Å². The third kappa shape index (κ3) is 1.74. The van der Waals surface area contributed by atoms with Gasteiger partial charge in [0.25, 0.3) is 0 Å². The van der Waals surface area contributed by atoms with Gasteiger partial charge >= 0.3 is 0 Å². The van der Waals surface area contributed by atoms with Gasteiger partial charge in [-0.05, 0) is 25.9 Å². The summed E-state index contributed by atoms with van der Waals surface area (Å²) in [7, 11) is 0.